The first-order valence-electron chi connectivity index (χ1n) is 6.43. The summed E-state index contributed by atoms with van der Waals surface area (Å²) in [6, 6.07) is 3.95. The van der Waals surface area contributed by atoms with Gasteiger partial charge in [0.1, 0.15) is 0 Å². The summed E-state index contributed by atoms with van der Waals surface area (Å²) >= 11 is 3.70. The summed E-state index contributed by atoms with van der Waals surface area (Å²) in [4.78, 5) is 18.8. The van der Waals surface area contributed by atoms with Crippen LogP contribution in [0.15, 0.2) is 18.3 Å². The van der Waals surface area contributed by atoms with Gasteiger partial charge in [-0.15, -0.1) is 0 Å². The van der Waals surface area contributed by atoms with Crippen LogP contribution in [0.5, 0.6) is 0 Å². The second kappa shape index (κ2) is 5.83. The Morgan fingerprint density at radius 3 is 2.83 bits per heavy atom. The van der Waals surface area contributed by atoms with E-state index in [0.29, 0.717) is 10.9 Å². The van der Waals surface area contributed by atoms with Gasteiger partial charge in [-0.25, -0.2) is 0 Å². The van der Waals surface area contributed by atoms with Gasteiger partial charge in [0.05, 0.1) is 0 Å². The highest BCUT2D eigenvalue weighted by Crippen LogP contribution is 2.28. The fourth-order valence-electron chi connectivity index (χ4n) is 2.54. The third kappa shape index (κ3) is 2.91. The third-order valence-corrected chi connectivity index (χ3v) is 4.68. The van der Waals surface area contributed by atoms with E-state index in [1.54, 1.807) is 12.3 Å². The predicted octanol–water partition coefficient (Wildman–Crippen LogP) is 3.17. The lowest BCUT2D eigenvalue weighted by molar-refractivity contribution is 0.0704. The SMILES string of the molecule is Cc1cc(C(=O)N(C)C2CCCCC2Br)ccn1. The van der Waals surface area contributed by atoms with Crippen LogP contribution < -0.4 is 0 Å². The lowest BCUT2D eigenvalue weighted by Crippen LogP contribution is -2.44. The molecular weight excluding hydrogens is 292 g/mol. The fourth-order valence-corrected chi connectivity index (χ4v) is 3.48. The minimum Gasteiger partial charge on any atom is -0.338 e. The van der Waals surface area contributed by atoms with Crippen molar-refractivity contribution in [3.8, 4) is 0 Å². The number of amides is 1. The zero-order chi connectivity index (χ0) is 13.1. The highest BCUT2D eigenvalue weighted by atomic mass is 79.9. The summed E-state index contributed by atoms with van der Waals surface area (Å²) in [6.07, 6.45) is 6.39. The minimum atomic E-state index is 0.0943. The highest BCUT2D eigenvalue weighted by molar-refractivity contribution is 9.09. The number of carbonyl (C=O) groups is 1. The largest absolute Gasteiger partial charge is 0.338 e. The van der Waals surface area contributed by atoms with Crippen LogP contribution >= 0.6 is 15.9 Å². The number of hydrogen-bond acceptors (Lipinski definition) is 2. The minimum absolute atomic E-state index is 0.0943. The quantitative estimate of drug-likeness (QED) is 0.786. The molecule has 1 aliphatic rings. The summed E-state index contributed by atoms with van der Waals surface area (Å²) in [5.41, 5.74) is 1.61. The molecule has 18 heavy (non-hydrogen) atoms. The molecule has 2 rings (SSSR count). The Morgan fingerprint density at radius 1 is 1.44 bits per heavy atom. The summed E-state index contributed by atoms with van der Waals surface area (Å²) in [5, 5.41) is 0. The van der Waals surface area contributed by atoms with Gasteiger partial charge >= 0.3 is 0 Å². The number of rotatable bonds is 2. The van der Waals surface area contributed by atoms with E-state index in [1.165, 1.54) is 12.8 Å². The van der Waals surface area contributed by atoms with E-state index in [4.69, 9.17) is 0 Å². The van der Waals surface area contributed by atoms with Crippen LogP contribution in [-0.4, -0.2) is 33.7 Å². The first-order valence-corrected chi connectivity index (χ1v) is 7.35. The maximum absolute atomic E-state index is 12.4. The molecular formula is C14H19BrN2O. The van der Waals surface area contributed by atoms with Crippen molar-refractivity contribution in [2.24, 2.45) is 0 Å². The van der Waals surface area contributed by atoms with E-state index in [1.807, 2.05) is 24.9 Å². The van der Waals surface area contributed by atoms with E-state index < -0.39 is 0 Å². The van der Waals surface area contributed by atoms with Crippen molar-refractivity contribution < 1.29 is 4.79 Å². The number of aromatic nitrogens is 1. The summed E-state index contributed by atoms with van der Waals surface area (Å²) in [5.74, 6) is 0.0943. The zero-order valence-electron chi connectivity index (χ0n) is 10.9. The van der Waals surface area contributed by atoms with Crippen LogP contribution in [-0.2, 0) is 0 Å². The molecule has 0 aromatic carbocycles. The van der Waals surface area contributed by atoms with Crippen molar-refractivity contribution in [3.63, 3.8) is 0 Å². The standard InChI is InChI=1S/C14H19BrN2O/c1-10-9-11(7-8-16-10)14(18)17(2)13-6-4-3-5-12(13)15/h7-9,12-13H,3-6H2,1-2H3. The number of carbonyl (C=O) groups excluding carboxylic acids is 1. The van der Waals surface area contributed by atoms with Crippen molar-refractivity contribution in [2.75, 3.05) is 7.05 Å². The van der Waals surface area contributed by atoms with Crippen LogP contribution in [0.1, 0.15) is 41.7 Å². The zero-order valence-corrected chi connectivity index (χ0v) is 12.5. The fraction of sp³-hybridized carbons (Fsp3) is 0.571. The van der Waals surface area contributed by atoms with Gasteiger partial charge in [-0.05, 0) is 31.9 Å². The highest BCUT2D eigenvalue weighted by Gasteiger charge is 2.29. The van der Waals surface area contributed by atoms with Gasteiger partial charge in [0.15, 0.2) is 0 Å². The molecule has 1 aromatic heterocycles. The topological polar surface area (TPSA) is 33.2 Å². The molecule has 4 heteroatoms. The monoisotopic (exact) mass is 310 g/mol. The van der Waals surface area contributed by atoms with Crippen LogP contribution in [0, 0.1) is 6.92 Å². The maximum atomic E-state index is 12.4. The third-order valence-electron chi connectivity index (χ3n) is 3.61. The van der Waals surface area contributed by atoms with Crippen LogP contribution in [0.3, 0.4) is 0 Å². The van der Waals surface area contributed by atoms with Crippen molar-refractivity contribution in [2.45, 2.75) is 43.5 Å². The lowest BCUT2D eigenvalue weighted by Gasteiger charge is -2.35. The molecule has 2 unspecified atom stereocenters. The summed E-state index contributed by atoms with van der Waals surface area (Å²) < 4.78 is 0. The Balaban J connectivity index is 2.13. The lowest BCUT2D eigenvalue weighted by atomic mass is 9.94. The van der Waals surface area contributed by atoms with Gasteiger partial charge in [-0.2, -0.15) is 0 Å². The average molecular weight is 311 g/mol. The number of alkyl halides is 1. The Morgan fingerprint density at radius 2 is 2.17 bits per heavy atom. The first-order chi connectivity index (χ1) is 8.59. The van der Waals surface area contributed by atoms with Crippen LogP contribution in [0.2, 0.25) is 0 Å². The second-order valence-corrected chi connectivity index (χ2v) is 6.15. The second-order valence-electron chi connectivity index (χ2n) is 4.97. The molecule has 0 radical (unpaired) electrons. The molecule has 1 aromatic rings. The molecule has 1 amide bonds. The van der Waals surface area contributed by atoms with Crippen molar-refractivity contribution >= 4 is 21.8 Å². The Kier molecular flexibility index (Phi) is 4.38. The smallest absolute Gasteiger partial charge is 0.254 e. The Labute approximate surface area is 117 Å². The summed E-state index contributed by atoms with van der Waals surface area (Å²) in [6.45, 7) is 1.91. The number of aryl methyl sites for hydroxylation is 1. The molecule has 1 heterocycles. The van der Waals surface area contributed by atoms with Gasteiger partial charge in [-0.3, -0.25) is 9.78 Å². The molecule has 0 bridgehead atoms. The van der Waals surface area contributed by atoms with Gasteiger partial charge < -0.3 is 4.90 Å². The van der Waals surface area contributed by atoms with Crippen LogP contribution in [0.25, 0.3) is 0 Å². The number of hydrogen-bond donors (Lipinski definition) is 0. The molecule has 1 aliphatic carbocycles. The first kappa shape index (κ1) is 13.5. The molecule has 0 spiro atoms. The molecule has 0 aliphatic heterocycles. The van der Waals surface area contributed by atoms with E-state index >= 15 is 0 Å². The van der Waals surface area contributed by atoms with E-state index in [9.17, 15) is 4.79 Å². The van der Waals surface area contributed by atoms with Crippen molar-refractivity contribution in [3.05, 3.63) is 29.6 Å². The number of halogens is 1. The molecule has 0 saturated heterocycles. The Hall–Kier alpha value is -0.900. The molecule has 0 N–H and O–H groups in total. The van der Waals surface area contributed by atoms with Gasteiger partial charge in [-0.1, -0.05) is 28.8 Å². The van der Waals surface area contributed by atoms with E-state index in [-0.39, 0.29) is 5.91 Å². The van der Waals surface area contributed by atoms with E-state index in [0.717, 1.165) is 24.1 Å². The van der Waals surface area contributed by atoms with E-state index in [2.05, 4.69) is 20.9 Å². The number of nitrogens with zero attached hydrogens (tertiary/aromatic N) is 2. The number of pyridine rings is 1. The normalized spacial score (nSPS) is 23.7. The van der Waals surface area contributed by atoms with Crippen molar-refractivity contribution in [1.82, 2.24) is 9.88 Å². The molecule has 1 fully saturated rings. The van der Waals surface area contributed by atoms with Gasteiger partial charge in [0, 0.05) is 35.4 Å². The average Bonchev–Trinajstić information content (AvgIpc) is 2.37. The van der Waals surface area contributed by atoms with Gasteiger partial charge in [0.25, 0.3) is 5.91 Å². The Bertz CT molecular complexity index is 436. The van der Waals surface area contributed by atoms with Crippen LogP contribution in [0.4, 0.5) is 0 Å². The molecule has 1 saturated carbocycles. The maximum Gasteiger partial charge on any atom is 0.254 e. The molecule has 3 nitrogen and oxygen atoms in total. The predicted molar refractivity (Wildman–Crippen MR) is 76.0 cm³/mol. The van der Waals surface area contributed by atoms with Gasteiger partial charge in [0.2, 0.25) is 0 Å². The molecule has 2 atom stereocenters. The van der Waals surface area contributed by atoms with Crippen molar-refractivity contribution in [1.29, 1.82) is 0 Å². The molecule has 98 valence electrons. The summed E-state index contributed by atoms with van der Waals surface area (Å²) in [7, 11) is 1.91.